The summed E-state index contributed by atoms with van der Waals surface area (Å²) in [5.41, 5.74) is 3.01. The Bertz CT molecular complexity index is 1050. The Morgan fingerprint density at radius 1 is 1.19 bits per heavy atom. The van der Waals surface area contributed by atoms with Gasteiger partial charge in [-0.3, -0.25) is 0 Å². The maximum absolute atomic E-state index is 14.0. The van der Waals surface area contributed by atoms with Crippen LogP contribution in [0.5, 0.6) is 0 Å². The Morgan fingerprint density at radius 3 is 2.41 bits per heavy atom. The smallest absolute Gasteiger partial charge is 0.355 e. The van der Waals surface area contributed by atoms with Gasteiger partial charge in [0.1, 0.15) is 22.2 Å². The highest BCUT2D eigenvalue weighted by molar-refractivity contribution is 9.10. The van der Waals surface area contributed by atoms with E-state index in [4.69, 9.17) is 4.74 Å². The Balaban J connectivity index is 2.14. The van der Waals surface area contributed by atoms with Crippen LogP contribution in [0.4, 0.5) is 4.39 Å². The fraction of sp³-hybridized carbons (Fsp3) is 0.143. The van der Waals surface area contributed by atoms with Crippen molar-refractivity contribution in [1.29, 1.82) is 5.26 Å². The maximum Gasteiger partial charge on any atom is 0.355 e. The zero-order chi connectivity index (χ0) is 19.6. The molecule has 0 fully saturated rings. The number of carbonyl (C=O) groups is 1. The number of nitrogens with zero attached hydrogens (tertiary/aromatic N) is 2. The van der Waals surface area contributed by atoms with E-state index in [1.54, 1.807) is 61.0 Å². The highest BCUT2D eigenvalue weighted by atomic mass is 79.9. The number of ether oxygens (including phenoxy) is 1. The van der Waals surface area contributed by atoms with E-state index < -0.39 is 5.97 Å². The van der Waals surface area contributed by atoms with E-state index in [0.29, 0.717) is 38.1 Å². The number of halogens is 2. The summed E-state index contributed by atoms with van der Waals surface area (Å²) in [7, 11) is 1.69. The molecule has 1 aromatic heterocycles. The first kappa shape index (κ1) is 18.9. The molecule has 4 nitrogen and oxygen atoms in total. The fourth-order valence-corrected chi connectivity index (χ4v) is 3.45. The molecule has 0 aliphatic rings. The molecule has 0 amide bonds. The molecule has 0 atom stereocenters. The van der Waals surface area contributed by atoms with Crippen molar-refractivity contribution in [2.45, 2.75) is 6.92 Å². The lowest BCUT2D eigenvalue weighted by molar-refractivity contribution is 0.0516. The minimum atomic E-state index is -0.504. The lowest BCUT2D eigenvalue weighted by Crippen LogP contribution is -2.11. The predicted molar refractivity (Wildman–Crippen MR) is 105 cm³/mol. The second-order valence-electron chi connectivity index (χ2n) is 5.84. The number of nitriles is 1. The molecule has 3 rings (SSSR count). The lowest BCUT2D eigenvalue weighted by Gasteiger charge is -2.09. The molecule has 0 unspecified atom stereocenters. The number of esters is 1. The van der Waals surface area contributed by atoms with Crippen molar-refractivity contribution in [3.8, 4) is 28.3 Å². The molecular formula is C21H16BrFN2O2. The average Bonchev–Trinajstić information content (AvgIpc) is 2.93. The molecule has 0 spiro atoms. The number of hydrogen-bond donors (Lipinski definition) is 0. The Labute approximate surface area is 164 Å². The van der Waals surface area contributed by atoms with Crippen molar-refractivity contribution < 1.29 is 13.9 Å². The third-order valence-electron chi connectivity index (χ3n) is 4.26. The molecule has 0 N–H and O–H groups in total. The van der Waals surface area contributed by atoms with E-state index in [2.05, 4.69) is 22.0 Å². The monoisotopic (exact) mass is 426 g/mol. The number of hydrogen-bond acceptors (Lipinski definition) is 3. The van der Waals surface area contributed by atoms with Crippen molar-refractivity contribution in [2.75, 3.05) is 6.61 Å². The van der Waals surface area contributed by atoms with Gasteiger partial charge in [0.05, 0.1) is 12.2 Å². The van der Waals surface area contributed by atoms with Crippen molar-refractivity contribution in [1.82, 2.24) is 4.57 Å². The standard InChI is InChI=1S/C21H16BrFN2O2/c1-3-27-21(26)19-18(16(12-24)20(22)25(19)2)14-10-8-13(9-11-14)15-6-4-5-7-17(15)23/h4-11H,3H2,1-2H3. The van der Waals surface area contributed by atoms with Crippen LogP contribution in [-0.2, 0) is 11.8 Å². The number of carbonyl (C=O) groups excluding carboxylic acids is 1. The van der Waals surface area contributed by atoms with Gasteiger partial charge in [0.25, 0.3) is 0 Å². The molecule has 3 aromatic rings. The van der Waals surface area contributed by atoms with Gasteiger partial charge < -0.3 is 9.30 Å². The van der Waals surface area contributed by atoms with Crippen LogP contribution < -0.4 is 0 Å². The first-order chi connectivity index (χ1) is 13.0. The normalized spacial score (nSPS) is 10.5. The molecular weight excluding hydrogens is 411 g/mol. The minimum absolute atomic E-state index is 0.231. The number of aromatic nitrogens is 1. The van der Waals surface area contributed by atoms with E-state index in [9.17, 15) is 14.4 Å². The highest BCUT2D eigenvalue weighted by Gasteiger charge is 2.26. The van der Waals surface area contributed by atoms with Gasteiger partial charge in [-0.05, 0) is 40.0 Å². The molecule has 0 bridgehead atoms. The van der Waals surface area contributed by atoms with Crippen LogP contribution in [0.15, 0.2) is 53.1 Å². The summed E-state index contributed by atoms with van der Waals surface area (Å²) >= 11 is 3.37. The van der Waals surface area contributed by atoms with E-state index in [0.717, 1.165) is 0 Å². The van der Waals surface area contributed by atoms with E-state index >= 15 is 0 Å². The third-order valence-corrected chi connectivity index (χ3v) is 5.19. The van der Waals surface area contributed by atoms with Gasteiger partial charge in [-0.15, -0.1) is 0 Å². The number of benzene rings is 2. The first-order valence-corrected chi connectivity index (χ1v) is 9.09. The molecule has 0 radical (unpaired) electrons. The van der Waals surface area contributed by atoms with Gasteiger partial charge in [-0.2, -0.15) is 5.26 Å². The zero-order valence-corrected chi connectivity index (χ0v) is 16.4. The topological polar surface area (TPSA) is 55.0 Å². The largest absolute Gasteiger partial charge is 0.461 e. The molecule has 1 heterocycles. The Hall–Kier alpha value is -2.91. The van der Waals surface area contributed by atoms with Gasteiger partial charge in [-0.25, -0.2) is 9.18 Å². The van der Waals surface area contributed by atoms with Gasteiger partial charge in [0, 0.05) is 18.2 Å². The Kier molecular flexibility index (Phi) is 5.43. The van der Waals surface area contributed by atoms with Crippen molar-refractivity contribution in [3.63, 3.8) is 0 Å². The summed E-state index contributed by atoms with van der Waals surface area (Å²) in [5, 5.41) is 9.58. The van der Waals surface area contributed by atoms with Gasteiger partial charge in [0.2, 0.25) is 0 Å². The fourth-order valence-electron chi connectivity index (χ4n) is 2.99. The summed E-state index contributed by atoms with van der Waals surface area (Å²) in [6.07, 6.45) is 0. The van der Waals surface area contributed by atoms with Crippen LogP contribution in [0.25, 0.3) is 22.3 Å². The molecule has 136 valence electrons. The summed E-state index contributed by atoms with van der Waals surface area (Å²) in [5.74, 6) is -0.812. The van der Waals surface area contributed by atoms with Gasteiger partial charge in [0.15, 0.2) is 0 Å². The van der Waals surface area contributed by atoms with Gasteiger partial charge in [-0.1, -0.05) is 42.5 Å². The van der Waals surface area contributed by atoms with Crippen LogP contribution in [0.3, 0.4) is 0 Å². The molecule has 2 aromatic carbocycles. The summed E-state index contributed by atoms with van der Waals surface area (Å²) in [4.78, 5) is 12.5. The quantitative estimate of drug-likeness (QED) is 0.531. The average molecular weight is 427 g/mol. The van der Waals surface area contributed by atoms with E-state index in [1.165, 1.54) is 6.07 Å². The second kappa shape index (κ2) is 7.77. The summed E-state index contributed by atoms with van der Waals surface area (Å²) in [6, 6.07) is 15.7. The lowest BCUT2D eigenvalue weighted by atomic mass is 9.98. The van der Waals surface area contributed by atoms with Crippen LogP contribution in [-0.4, -0.2) is 17.1 Å². The molecule has 0 aliphatic heterocycles. The summed E-state index contributed by atoms with van der Waals surface area (Å²) < 4.78 is 21.3. The van der Waals surface area contributed by atoms with E-state index in [1.807, 2.05) is 0 Å². The molecule has 27 heavy (non-hydrogen) atoms. The van der Waals surface area contributed by atoms with Crippen molar-refractivity contribution in [3.05, 3.63) is 70.2 Å². The minimum Gasteiger partial charge on any atom is -0.461 e. The predicted octanol–water partition coefficient (Wildman–Crippen LogP) is 5.31. The highest BCUT2D eigenvalue weighted by Crippen LogP contribution is 2.36. The van der Waals surface area contributed by atoms with Crippen molar-refractivity contribution in [2.24, 2.45) is 7.05 Å². The van der Waals surface area contributed by atoms with Gasteiger partial charge >= 0.3 is 5.97 Å². The summed E-state index contributed by atoms with van der Waals surface area (Å²) in [6.45, 7) is 1.96. The molecule has 0 saturated heterocycles. The van der Waals surface area contributed by atoms with Crippen molar-refractivity contribution >= 4 is 21.9 Å². The third kappa shape index (κ3) is 3.38. The zero-order valence-electron chi connectivity index (χ0n) is 14.8. The van der Waals surface area contributed by atoms with Crippen LogP contribution >= 0.6 is 15.9 Å². The molecule has 0 saturated carbocycles. The first-order valence-electron chi connectivity index (χ1n) is 8.30. The van der Waals surface area contributed by atoms with E-state index in [-0.39, 0.29) is 12.4 Å². The maximum atomic E-state index is 14.0. The second-order valence-corrected chi connectivity index (χ2v) is 6.59. The van der Waals surface area contributed by atoms with Crippen LogP contribution in [0, 0.1) is 17.1 Å². The molecule has 0 aliphatic carbocycles. The van der Waals surface area contributed by atoms with Crippen LogP contribution in [0.2, 0.25) is 0 Å². The SMILES string of the molecule is CCOC(=O)c1c(-c2ccc(-c3ccccc3F)cc2)c(C#N)c(Br)n1C. The number of rotatable bonds is 4. The van der Waals surface area contributed by atoms with Crippen LogP contribution in [0.1, 0.15) is 23.0 Å². The Morgan fingerprint density at radius 2 is 1.81 bits per heavy atom. The molecule has 6 heteroatoms.